The van der Waals surface area contributed by atoms with E-state index in [-0.39, 0.29) is 18.1 Å². The highest BCUT2D eigenvalue weighted by Crippen LogP contribution is 2.36. The van der Waals surface area contributed by atoms with Crippen molar-refractivity contribution in [1.82, 2.24) is 0 Å². The molecule has 0 fully saturated rings. The van der Waals surface area contributed by atoms with Crippen LogP contribution in [0.5, 0.6) is 5.75 Å². The fraction of sp³-hybridized carbons (Fsp3) is 0.462. The van der Waals surface area contributed by atoms with Crippen molar-refractivity contribution in [2.24, 2.45) is 5.14 Å². The third-order valence-electron chi connectivity index (χ3n) is 3.11. The number of nitrogens with two attached hydrogens (primary N) is 1. The maximum Gasteiger partial charge on any atom is 0.317 e. The molecule has 1 unspecified atom stereocenters. The number of fused-ring (bicyclic) bond motifs is 1. The number of primary sulfonamides is 1. The molecule has 1 atom stereocenters. The highest BCUT2D eigenvalue weighted by Gasteiger charge is 2.32. The molecule has 1 aliphatic rings. The van der Waals surface area contributed by atoms with Gasteiger partial charge in [0.1, 0.15) is 18.3 Å². The standard InChI is InChI=1S/C13H17NO6S/c1-18-5-2-6-19-13(15)11-8-20-12-4-3-9(7-10(11)12)21(14,16)17/h3-4,7,11H,2,5-6,8H2,1H3,(H2,14,16,17). The van der Waals surface area contributed by atoms with E-state index in [2.05, 4.69) is 0 Å². The summed E-state index contributed by atoms with van der Waals surface area (Å²) in [5, 5.41) is 5.09. The second-order valence-electron chi connectivity index (χ2n) is 4.62. The highest BCUT2D eigenvalue weighted by atomic mass is 32.2. The number of hydrogen-bond acceptors (Lipinski definition) is 6. The van der Waals surface area contributed by atoms with Gasteiger partial charge in [-0.25, -0.2) is 13.6 Å². The Bertz CT molecular complexity index is 628. The molecule has 0 radical (unpaired) electrons. The van der Waals surface area contributed by atoms with Gasteiger partial charge in [-0.05, 0) is 18.2 Å². The van der Waals surface area contributed by atoms with Gasteiger partial charge < -0.3 is 14.2 Å². The lowest BCUT2D eigenvalue weighted by Crippen LogP contribution is -2.19. The second kappa shape index (κ2) is 6.42. The van der Waals surface area contributed by atoms with Crippen molar-refractivity contribution in [3.63, 3.8) is 0 Å². The maximum atomic E-state index is 12.0. The van der Waals surface area contributed by atoms with Gasteiger partial charge in [0.15, 0.2) is 0 Å². The molecule has 0 saturated carbocycles. The molecule has 2 rings (SSSR count). The van der Waals surface area contributed by atoms with Crippen molar-refractivity contribution in [3.05, 3.63) is 23.8 Å². The predicted octanol–water partition coefficient (Wildman–Crippen LogP) is 0.390. The van der Waals surface area contributed by atoms with E-state index in [9.17, 15) is 13.2 Å². The Morgan fingerprint density at radius 2 is 2.19 bits per heavy atom. The molecule has 0 aromatic heterocycles. The van der Waals surface area contributed by atoms with Crippen LogP contribution in [0.1, 0.15) is 17.9 Å². The Morgan fingerprint density at radius 1 is 1.43 bits per heavy atom. The molecule has 1 aliphatic heterocycles. The van der Waals surface area contributed by atoms with E-state index in [0.29, 0.717) is 24.3 Å². The summed E-state index contributed by atoms with van der Waals surface area (Å²) in [4.78, 5) is 12.0. The molecule has 1 aromatic carbocycles. The van der Waals surface area contributed by atoms with Gasteiger partial charge in [-0.3, -0.25) is 4.79 Å². The van der Waals surface area contributed by atoms with E-state index in [1.165, 1.54) is 18.2 Å². The van der Waals surface area contributed by atoms with Crippen LogP contribution in [-0.4, -0.2) is 41.3 Å². The zero-order valence-corrected chi connectivity index (χ0v) is 12.4. The average Bonchev–Trinajstić information content (AvgIpc) is 2.85. The third kappa shape index (κ3) is 3.72. The van der Waals surface area contributed by atoms with Crippen molar-refractivity contribution < 1.29 is 27.4 Å². The van der Waals surface area contributed by atoms with E-state index in [1.807, 2.05) is 0 Å². The summed E-state index contributed by atoms with van der Waals surface area (Å²) in [6.07, 6.45) is 0.597. The van der Waals surface area contributed by atoms with Gasteiger partial charge in [0, 0.05) is 25.7 Å². The number of esters is 1. The normalized spacial score (nSPS) is 17.1. The number of sulfonamides is 1. The predicted molar refractivity (Wildman–Crippen MR) is 73.5 cm³/mol. The molecule has 7 nitrogen and oxygen atoms in total. The quantitative estimate of drug-likeness (QED) is 0.601. The molecule has 0 saturated heterocycles. The number of methoxy groups -OCH3 is 1. The highest BCUT2D eigenvalue weighted by molar-refractivity contribution is 7.89. The smallest absolute Gasteiger partial charge is 0.317 e. The number of hydrogen-bond donors (Lipinski definition) is 1. The first-order valence-electron chi connectivity index (χ1n) is 6.38. The van der Waals surface area contributed by atoms with Crippen molar-refractivity contribution in [2.75, 3.05) is 26.9 Å². The molecule has 0 aliphatic carbocycles. The fourth-order valence-electron chi connectivity index (χ4n) is 2.04. The van der Waals surface area contributed by atoms with Crippen LogP contribution in [0.25, 0.3) is 0 Å². The number of rotatable bonds is 6. The molecule has 116 valence electrons. The summed E-state index contributed by atoms with van der Waals surface area (Å²) in [5.74, 6) is -0.609. The molecule has 21 heavy (non-hydrogen) atoms. The van der Waals surface area contributed by atoms with Crippen molar-refractivity contribution in [3.8, 4) is 5.75 Å². The van der Waals surface area contributed by atoms with Crippen LogP contribution in [0.4, 0.5) is 0 Å². The van der Waals surface area contributed by atoms with Gasteiger partial charge in [0.25, 0.3) is 0 Å². The van der Waals surface area contributed by atoms with Gasteiger partial charge in [-0.1, -0.05) is 0 Å². The lowest BCUT2D eigenvalue weighted by atomic mass is 10.0. The van der Waals surface area contributed by atoms with E-state index in [1.54, 1.807) is 7.11 Å². The summed E-state index contributed by atoms with van der Waals surface area (Å²) >= 11 is 0. The Hall–Kier alpha value is -1.64. The molecule has 2 N–H and O–H groups in total. The van der Waals surface area contributed by atoms with Crippen LogP contribution in [0.2, 0.25) is 0 Å². The lowest BCUT2D eigenvalue weighted by Gasteiger charge is -2.10. The molecule has 8 heteroatoms. The van der Waals surface area contributed by atoms with E-state index >= 15 is 0 Å². The van der Waals surface area contributed by atoms with Gasteiger partial charge in [-0.15, -0.1) is 0 Å². The van der Waals surface area contributed by atoms with Crippen LogP contribution in [0, 0.1) is 0 Å². The second-order valence-corrected chi connectivity index (χ2v) is 6.18. The number of ether oxygens (including phenoxy) is 3. The monoisotopic (exact) mass is 315 g/mol. The Morgan fingerprint density at radius 3 is 2.86 bits per heavy atom. The van der Waals surface area contributed by atoms with Crippen LogP contribution >= 0.6 is 0 Å². The van der Waals surface area contributed by atoms with E-state index in [0.717, 1.165) is 0 Å². The minimum Gasteiger partial charge on any atom is -0.492 e. The van der Waals surface area contributed by atoms with Crippen LogP contribution in [0.3, 0.4) is 0 Å². The van der Waals surface area contributed by atoms with Crippen LogP contribution in [-0.2, 0) is 24.3 Å². The number of benzene rings is 1. The molecule has 0 spiro atoms. The number of carbonyl (C=O) groups excluding carboxylic acids is 1. The molecule has 0 bridgehead atoms. The SMILES string of the molecule is COCCCOC(=O)C1COc2ccc(S(N)(=O)=O)cc21. The van der Waals surface area contributed by atoms with Crippen molar-refractivity contribution in [2.45, 2.75) is 17.2 Å². The summed E-state index contributed by atoms with van der Waals surface area (Å²) in [6.45, 7) is 0.875. The molecule has 1 aromatic rings. The topological polar surface area (TPSA) is 105 Å². The van der Waals surface area contributed by atoms with Gasteiger partial charge in [0.05, 0.1) is 11.5 Å². The largest absolute Gasteiger partial charge is 0.492 e. The van der Waals surface area contributed by atoms with Crippen molar-refractivity contribution in [1.29, 1.82) is 0 Å². The Kier molecular flexibility index (Phi) is 4.81. The van der Waals surface area contributed by atoms with Crippen molar-refractivity contribution >= 4 is 16.0 Å². The van der Waals surface area contributed by atoms with E-state index in [4.69, 9.17) is 19.3 Å². The molecular formula is C13H17NO6S. The summed E-state index contributed by atoms with van der Waals surface area (Å²) < 4.78 is 38.1. The minimum absolute atomic E-state index is 0.0519. The minimum atomic E-state index is -3.82. The maximum absolute atomic E-state index is 12.0. The molecule has 1 heterocycles. The van der Waals surface area contributed by atoms with Gasteiger partial charge in [0.2, 0.25) is 10.0 Å². The van der Waals surface area contributed by atoms with Gasteiger partial charge in [-0.2, -0.15) is 0 Å². The fourth-order valence-corrected chi connectivity index (χ4v) is 2.59. The lowest BCUT2D eigenvalue weighted by molar-refractivity contribution is -0.146. The number of carbonyl (C=O) groups is 1. The summed E-state index contributed by atoms with van der Waals surface area (Å²) in [5.41, 5.74) is 0.485. The Labute approximate surface area is 123 Å². The Balaban J connectivity index is 2.11. The zero-order valence-electron chi connectivity index (χ0n) is 11.6. The first-order chi connectivity index (χ1) is 9.93. The van der Waals surface area contributed by atoms with Gasteiger partial charge >= 0.3 is 5.97 Å². The third-order valence-corrected chi connectivity index (χ3v) is 4.02. The first-order valence-corrected chi connectivity index (χ1v) is 7.93. The summed E-state index contributed by atoms with van der Waals surface area (Å²) in [6, 6.07) is 4.20. The zero-order chi connectivity index (χ0) is 15.5. The summed E-state index contributed by atoms with van der Waals surface area (Å²) in [7, 11) is -2.25. The van der Waals surface area contributed by atoms with Crippen LogP contribution < -0.4 is 9.88 Å². The average molecular weight is 315 g/mol. The molecular weight excluding hydrogens is 298 g/mol. The first kappa shape index (κ1) is 15.7. The molecule has 0 amide bonds. The van der Waals surface area contributed by atoms with E-state index < -0.39 is 21.9 Å². The van der Waals surface area contributed by atoms with Crippen LogP contribution in [0.15, 0.2) is 23.1 Å².